The summed E-state index contributed by atoms with van der Waals surface area (Å²) in [6, 6.07) is 10.1. The molecule has 0 spiro atoms. The first-order chi connectivity index (χ1) is 11.8. The fourth-order valence-corrected chi connectivity index (χ4v) is 3.17. The Morgan fingerprint density at radius 1 is 1.17 bits per heavy atom. The SMILES string of the molecule is CCCCc1nc2c(N)nc3ccccc3c2n1Cc1ccoc1. The van der Waals surface area contributed by atoms with Gasteiger partial charge in [-0.3, -0.25) is 0 Å². The van der Waals surface area contributed by atoms with Gasteiger partial charge < -0.3 is 14.7 Å². The maximum absolute atomic E-state index is 6.20. The highest BCUT2D eigenvalue weighted by Gasteiger charge is 2.17. The van der Waals surface area contributed by atoms with E-state index in [1.807, 2.05) is 24.3 Å². The molecule has 5 nitrogen and oxygen atoms in total. The highest BCUT2D eigenvalue weighted by atomic mass is 16.3. The summed E-state index contributed by atoms with van der Waals surface area (Å²) in [5.41, 5.74) is 10.1. The van der Waals surface area contributed by atoms with Crippen molar-refractivity contribution >= 4 is 27.8 Å². The van der Waals surface area contributed by atoms with E-state index in [1.54, 1.807) is 12.5 Å². The van der Waals surface area contributed by atoms with Gasteiger partial charge in [-0.05, 0) is 18.6 Å². The molecule has 3 heterocycles. The number of furan rings is 1. The smallest absolute Gasteiger partial charge is 0.152 e. The number of imidazole rings is 1. The number of hydrogen-bond acceptors (Lipinski definition) is 4. The van der Waals surface area contributed by atoms with E-state index in [0.29, 0.717) is 5.82 Å². The Labute approximate surface area is 140 Å². The maximum Gasteiger partial charge on any atom is 0.152 e. The van der Waals surface area contributed by atoms with Crippen LogP contribution in [0.2, 0.25) is 0 Å². The van der Waals surface area contributed by atoms with Crippen LogP contribution in [0, 0.1) is 0 Å². The number of rotatable bonds is 5. The molecular weight excluding hydrogens is 300 g/mol. The Hall–Kier alpha value is -2.82. The molecule has 0 saturated carbocycles. The number of nitrogens with zero attached hydrogens (tertiary/aromatic N) is 3. The van der Waals surface area contributed by atoms with Gasteiger partial charge in [0.05, 0.1) is 30.1 Å². The summed E-state index contributed by atoms with van der Waals surface area (Å²) >= 11 is 0. The van der Waals surface area contributed by atoms with Gasteiger partial charge in [-0.2, -0.15) is 0 Å². The molecular formula is C19H20N4O. The number of aromatic nitrogens is 3. The molecule has 0 aliphatic heterocycles. The Morgan fingerprint density at radius 2 is 2.04 bits per heavy atom. The van der Waals surface area contributed by atoms with E-state index in [-0.39, 0.29) is 0 Å². The van der Waals surface area contributed by atoms with Crippen molar-refractivity contribution < 1.29 is 4.42 Å². The van der Waals surface area contributed by atoms with Crippen LogP contribution in [0.5, 0.6) is 0 Å². The number of anilines is 1. The minimum atomic E-state index is 0.493. The first kappa shape index (κ1) is 14.8. The van der Waals surface area contributed by atoms with Crippen LogP contribution in [0.4, 0.5) is 5.82 Å². The molecule has 0 radical (unpaired) electrons. The molecule has 5 heteroatoms. The normalized spacial score (nSPS) is 11.5. The number of benzene rings is 1. The zero-order valence-corrected chi connectivity index (χ0v) is 13.7. The van der Waals surface area contributed by atoms with Crippen LogP contribution in [-0.4, -0.2) is 14.5 Å². The van der Waals surface area contributed by atoms with Crippen molar-refractivity contribution in [1.82, 2.24) is 14.5 Å². The molecule has 3 aromatic heterocycles. The Kier molecular flexibility index (Phi) is 3.69. The van der Waals surface area contributed by atoms with Gasteiger partial charge in [0, 0.05) is 17.4 Å². The zero-order chi connectivity index (χ0) is 16.5. The Morgan fingerprint density at radius 3 is 2.83 bits per heavy atom. The van der Waals surface area contributed by atoms with Gasteiger partial charge in [0.15, 0.2) is 5.82 Å². The zero-order valence-electron chi connectivity index (χ0n) is 13.7. The summed E-state index contributed by atoms with van der Waals surface area (Å²) < 4.78 is 7.50. The quantitative estimate of drug-likeness (QED) is 0.599. The van der Waals surface area contributed by atoms with Crippen LogP contribution in [-0.2, 0) is 13.0 Å². The van der Waals surface area contributed by atoms with Crippen LogP contribution in [0.1, 0.15) is 31.2 Å². The summed E-state index contributed by atoms with van der Waals surface area (Å²) in [5, 5.41) is 1.08. The van der Waals surface area contributed by atoms with E-state index in [0.717, 1.165) is 59.1 Å². The number of para-hydroxylation sites is 1. The number of nitrogens with two attached hydrogens (primary N) is 1. The van der Waals surface area contributed by atoms with Crippen molar-refractivity contribution in [2.24, 2.45) is 0 Å². The van der Waals surface area contributed by atoms with E-state index >= 15 is 0 Å². The Balaban J connectivity index is 1.99. The third-order valence-corrected chi connectivity index (χ3v) is 4.36. The first-order valence-corrected chi connectivity index (χ1v) is 8.32. The molecule has 0 saturated heterocycles. The van der Waals surface area contributed by atoms with Crippen molar-refractivity contribution in [1.29, 1.82) is 0 Å². The molecule has 4 rings (SSSR count). The van der Waals surface area contributed by atoms with Crippen LogP contribution in [0.25, 0.3) is 21.9 Å². The second kappa shape index (κ2) is 6.00. The van der Waals surface area contributed by atoms with E-state index in [9.17, 15) is 0 Å². The third-order valence-electron chi connectivity index (χ3n) is 4.36. The van der Waals surface area contributed by atoms with Crippen molar-refractivity contribution in [3.63, 3.8) is 0 Å². The van der Waals surface area contributed by atoms with Crippen molar-refractivity contribution in [2.45, 2.75) is 32.7 Å². The lowest BCUT2D eigenvalue weighted by molar-refractivity contribution is 0.561. The number of aryl methyl sites for hydroxylation is 1. The summed E-state index contributed by atoms with van der Waals surface area (Å²) in [6.45, 7) is 2.91. The fourth-order valence-electron chi connectivity index (χ4n) is 3.17. The molecule has 0 atom stereocenters. The van der Waals surface area contributed by atoms with Crippen molar-refractivity contribution in [3.8, 4) is 0 Å². The molecule has 1 aromatic carbocycles. The highest BCUT2D eigenvalue weighted by molar-refractivity contribution is 6.06. The summed E-state index contributed by atoms with van der Waals surface area (Å²) in [4.78, 5) is 9.34. The summed E-state index contributed by atoms with van der Waals surface area (Å²) in [5.74, 6) is 1.55. The largest absolute Gasteiger partial charge is 0.472 e. The number of hydrogen-bond donors (Lipinski definition) is 1. The van der Waals surface area contributed by atoms with Crippen molar-refractivity contribution in [3.05, 3.63) is 54.2 Å². The van der Waals surface area contributed by atoms with Gasteiger partial charge >= 0.3 is 0 Å². The second-order valence-corrected chi connectivity index (χ2v) is 6.06. The predicted molar refractivity (Wildman–Crippen MR) is 95.9 cm³/mol. The summed E-state index contributed by atoms with van der Waals surface area (Å²) in [6.07, 6.45) is 6.64. The topological polar surface area (TPSA) is 69.9 Å². The standard InChI is InChI=1S/C19H20N4O/c1-2-3-8-16-22-17-18(23(16)11-13-9-10-24-12-13)14-6-4-5-7-15(14)21-19(17)20/h4-7,9-10,12H,2-3,8,11H2,1H3,(H2,20,21). The fraction of sp³-hybridized carbons (Fsp3) is 0.263. The van der Waals surface area contributed by atoms with Gasteiger partial charge in [-0.1, -0.05) is 31.5 Å². The molecule has 2 N–H and O–H groups in total. The van der Waals surface area contributed by atoms with Gasteiger partial charge in [-0.25, -0.2) is 9.97 Å². The number of fused-ring (bicyclic) bond motifs is 3. The molecule has 0 bridgehead atoms. The number of nitrogen functional groups attached to an aromatic ring is 1. The van der Waals surface area contributed by atoms with E-state index < -0.39 is 0 Å². The van der Waals surface area contributed by atoms with Gasteiger partial charge in [0.2, 0.25) is 0 Å². The van der Waals surface area contributed by atoms with Crippen molar-refractivity contribution in [2.75, 3.05) is 5.73 Å². The highest BCUT2D eigenvalue weighted by Crippen LogP contribution is 2.29. The molecule has 0 aliphatic rings. The first-order valence-electron chi connectivity index (χ1n) is 8.32. The minimum absolute atomic E-state index is 0.493. The number of unbranched alkanes of at least 4 members (excludes halogenated alkanes) is 1. The third kappa shape index (κ3) is 2.42. The molecule has 0 unspecified atom stereocenters. The van der Waals surface area contributed by atoms with E-state index in [1.165, 1.54) is 0 Å². The lowest BCUT2D eigenvalue weighted by Crippen LogP contribution is -2.05. The van der Waals surface area contributed by atoms with Gasteiger partial charge in [0.1, 0.15) is 11.3 Å². The summed E-state index contributed by atoms with van der Waals surface area (Å²) in [7, 11) is 0. The molecule has 0 amide bonds. The lowest BCUT2D eigenvalue weighted by atomic mass is 10.2. The molecule has 0 aliphatic carbocycles. The molecule has 122 valence electrons. The maximum atomic E-state index is 6.20. The van der Waals surface area contributed by atoms with Gasteiger partial charge in [0.25, 0.3) is 0 Å². The monoisotopic (exact) mass is 320 g/mol. The minimum Gasteiger partial charge on any atom is -0.472 e. The number of pyridine rings is 1. The van der Waals surface area contributed by atoms with Crippen LogP contribution in [0.15, 0.2) is 47.3 Å². The average Bonchev–Trinajstić information content (AvgIpc) is 3.22. The van der Waals surface area contributed by atoms with Crippen LogP contribution in [0.3, 0.4) is 0 Å². The van der Waals surface area contributed by atoms with Crippen LogP contribution >= 0.6 is 0 Å². The van der Waals surface area contributed by atoms with E-state index in [2.05, 4.69) is 22.5 Å². The lowest BCUT2D eigenvalue weighted by Gasteiger charge is -2.09. The van der Waals surface area contributed by atoms with Gasteiger partial charge in [-0.15, -0.1) is 0 Å². The Bertz CT molecular complexity index is 986. The van der Waals surface area contributed by atoms with Crippen LogP contribution < -0.4 is 5.73 Å². The molecule has 24 heavy (non-hydrogen) atoms. The molecule has 0 fully saturated rings. The second-order valence-electron chi connectivity index (χ2n) is 6.06. The predicted octanol–water partition coefficient (Wildman–Crippen LogP) is 4.15. The average molecular weight is 320 g/mol. The van der Waals surface area contributed by atoms with E-state index in [4.69, 9.17) is 15.1 Å². The molecule has 4 aromatic rings.